The standard InChI is InChI=1S/C20H29N5OS/c1-4-24(17-8-6-5-7-9-17)19(26)15(3)27-20-23-22-18(25(20)21)16-12-10-14(2)11-13-16/h10-13,15,17H,4-9,21H2,1-3H3/t15-/m0/s1. The number of carbonyl (C=O) groups excluding carboxylic acids is 1. The highest BCUT2D eigenvalue weighted by molar-refractivity contribution is 8.00. The summed E-state index contributed by atoms with van der Waals surface area (Å²) in [6.45, 7) is 6.78. The number of hydrogen-bond donors (Lipinski definition) is 1. The van der Waals surface area contributed by atoms with Crippen molar-refractivity contribution in [2.45, 2.75) is 69.3 Å². The number of benzene rings is 1. The second-order valence-electron chi connectivity index (χ2n) is 7.22. The number of amides is 1. The molecule has 0 radical (unpaired) electrons. The minimum atomic E-state index is -0.246. The molecule has 2 N–H and O–H groups in total. The van der Waals surface area contributed by atoms with Crippen molar-refractivity contribution < 1.29 is 4.79 Å². The summed E-state index contributed by atoms with van der Waals surface area (Å²) in [4.78, 5) is 15.0. The monoisotopic (exact) mass is 387 g/mol. The van der Waals surface area contributed by atoms with Gasteiger partial charge in [-0.05, 0) is 33.6 Å². The molecular formula is C20H29N5OS. The first kappa shape index (κ1) is 19.7. The first-order valence-corrected chi connectivity index (χ1v) is 10.6. The normalized spacial score (nSPS) is 16.3. The summed E-state index contributed by atoms with van der Waals surface area (Å²) in [5.41, 5.74) is 2.09. The van der Waals surface area contributed by atoms with Crippen LogP contribution < -0.4 is 5.84 Å². The van der Waals surface area contributed by atoms with Gasteiger partial charge in [-0.1, -0.05) is 60.9 Å². The number of aryl methyl sites for hydroxylation is 1. The molecule has 146 valence electrons. The van der Waals surface area contributed by atoms with Crippen LogP contribution in [0.4, 0.5) is 0 Å². The molecule has 3 rings (SSSR count). The molecule has 1 aliphatic rings. The number of carbonyl (C=O) groups is 1. The summed E-state index contributed by atoms with van der Waals surface area (Å²) in [5, 5.41) is 8.76. The van der Waals surface area contributed by atoms with Gasteiger partial charge in [-0.25, -0.2) is 4.68 Å². The lowest BCUT2D eigenvalue weighted by Gasteiger charge is -2.35. The maximum absolute atomic E-state index is 13.0. The summed E-state index contributed by atoms with van der Waals surface area (Å²) in [6.07, 6.45) is 5.94. The Balaban J connectivity index is 1.70. The maximum atomic E-state index is 13.0. The molecule has 0 spiro atoms. The Morgan fingerprint density at radius 3 is 2.56 bits per heavy atom. The Bertz CT molecular complexity index is 767. The molecule has 0 aliphatic heterocycles. The lowest BCUT2D eigenvalue weighted by atomic mass is 9.94. The molecular weight excluding hydrogens is 358 g/mol. The van der Waals surface area contributed by atoms with Crippen molar-refractivity contribution in [3.8, 4) is 11.4 Å². The van der Waals surface area contributed by atoms with E-state index in [1.54, 1.807) is 0 Å². The average molecular weight is 388 g/mol. The minimum Gasteiger partial charge on any atom is -0.339 e. The molecule has 1 atom stereocenters. The van der Waals surface area contributed by atoms with Gasteiger partial charge in [-0.2, -0.15) is 0 Å². The number of hydrogen-bond acceptors (Lipinski definition) is 5. The van der Waals surface area contributed by atoms with Crippen molar-refractivity contribution in [2.24, 2.45) is 0 Å². The molecule has 1 fully saturated rings. The number of nitrogens with two attached hydrogens (primary N) is 1. The van der Waals surface area contributed by atoms with Gasteiger partial charge in [-0.15, -0.1) is 10.2 Å². The third-order valence-corrected chi connectivity index (χ3v) is 6.29. The van der Waals surface area contributed by atoms with E-state index < -0.39 is 0 Å². The second-order valence-corrected chi connectivity index (χ2v) is 8.53. The van der Waals surface area contributed by atoms with Crippen LogP contribution in [0.25, 0.3) is 11.4 Å². The van der Waals surface area contributed by atoms with Crippen LogP contribution in [-0.2, 0) is 4.79 Å². The lowest BCUT2D eigenvalue weighted by molar-refractivity contribution is -0.133. The van der Waals surface area contributed by atoms with Gasteiger partial charge in [0, 0.05) is 18.2 Å². The van der Waals surface area contributed by atoms with Gasteiger partial charge in [0.25, 0.3) is 0 Å². The predicted molar refractivity (Wildman–Crippen MR) is 110 cm³/mol. The summed E-state index contributed by atoms with van der Waals surface area (Å²) in [6, 6.07) is 8.37. The van der Waals surface area contributed by atoms with Gasteiger partial charge < -0.3 is 10.7 Å². The van der Waals surface area contributed by atoms with E-state index in [-0.39, 0.29) is 11.2 Å². The Labute approximate surface area is 165 Å². The Morgan fingerprint density at radius 2 is 1.93 bits per heavy atom. The first-order chi connectivity index (χ1) is 13.0. The van der Waals surface area contributed by atoms with Gasteiger partial charge in [0.15, 0.2) is 5.82 Å². The van der Waals surface area contributed by atoms with Crippen molar-refractivity contribution in [2.75, 3.05) is 12.4 Å². The van der Waals surface area contributed by atoms with Crippen LogP contribution in [0.5, 0.6) is 0 Å². The molecule has 0 saturated heterocycles. The van der Waals surface area contributed by atoms with E-state index in [0.717, 1.165) is 24.9 Å². The largest absolute Gasteiger partial charge is 0.339 e. The summed E-state index contributed by atoms with van der Waals surface area (Å²) in [5.74, 6) is 6.99. The molecule has 1 aliphatic carbocycles. The number of thioether (sulfide) groups is 1. The van der Waals surface area contributed by atoms with Gasteiger partial charge >= 0.3 is 0 Å². The highest BCUT2D eigenvalue weighted by Crippen LogP contribution is 2.28. The second kappa shape index (κ2) is 8.78. The van der Waals surface area contributed by atoms with Crippen molar-refractivity contribution in [1.29, 1.82) is 0 Å². The van der Waals surface area contributed by atoms with E-state index in [2.05, 4.69) is 17.1 Å². The van der Waals surface area contributed by atoms with Gasteiger partial charge in [0.2, 0.25) is 11.1 Å². The molecule has 1 aromatic carbocycles. The predicted octanol–water partition coefficient (Wildman–Crippen LogP) is 3.63. The van der Waals surface area contributed by atoms with Crippen LogP contribution in [0.2, 0.25) is 0 Å². The van der Waals surface area contributed by atoms with E-state index in [9.17, 15) is 4.79 Å². The van der Waals surface area contributed by atoms with Crippen LogP contribution in [0.3, 0.4) is 0 Å². The van der Waals surface area contributed by atoms with Crippen LogP contribution >= 0.6 is 11.8 Å². The third kappa shape index (κ3) is 4.46. The van der Waals surface area contributed by atoms with E-state index >= 15 is 0 Å². The minimum absolute atomic E-state index is 0.161. The SMILES string of the molecule is CCN(C(=O)[C@H](C)Sc1nnc(-c2ccc(C)cc2)n1N)C1CCCCC1. The number of nitrogen functional groups attached to an aromatic ring is 1. The molecule has 2 aromatic rings. The lowest BCUT2D eigenvalue weighted by Crippen LogP contribution is -2.44. The van der Waals surface area contributed by atoms with E-state index in [1.165, 1.54) is 41.3 Å². The van der Waals surface area contributed by atoms with Crippen molar-refractivity contribution in [3.63, 3.8) is 0 Å². The van der Waals surface area contributed by atoms with Crippen LogP contribution in [-0.4, -0.2) is 43.5 Å². The Kier molecular flexibility index (Phi) is 6.42. The fourth-order valence-corrected chi connectivity index (χ4v) is 4.53. The van der Waals surface area contributed by atoms with E-state index in [0.29, 0.717) is 17.0 Å². The molecule has 1 heterocycles. The fraction of sp³-hybridized carbons (Fsp3) is 0.550. The zero-order valence-electron chi connectivity index (χ0n) is 16.4. The fourth-order valence-electron chi connectivity index (χ4n) is 3.69. The number of aromatic nitrogens is 3. The molecule has 27 heavy (non-hydrogen) atoms. The number of rotatable bonds is 6. The molecule has 7 heteroatoms. The quantitative estimate of drug-likeness (QED) is 0.605. The Morgan fingerprint density at radius 1 is 1.26 bits per heavy atom. The average Bonchev–Trinajstić information content (AvgIpc) is 3.04. The third-order valence-electron chi connectivity index (χ3n) is 5.24. The summed E-state index contributed by atoms with van der Waals surface area (Å²) in [7, 11) is 0. The van der Waals surface area contributed by atoms with Crippen LogP contribution in [0.1, 0.15) is 51.5 Å². The zero-order chi connectivity index (χ0) is 19.4. The zero-order valence-corrected chi connectivity index (χ0v) is 17.2. The highest BCUT2D eigenvalue weighted by Gasteiger charge is 2.29. The topological polar surface area (TPSA) is 77.0 Å². The molecule has 6 nitrogen and oxygen atoms in total. The van der Waals surface area contributed by atoms with Crippen LogP contribution in [0, 0.1) is 6.92 Å². The van der Waals surface area contributed by atoms with Crippen LogP contribution in [0.15, 0.2) is 29.4 Å². The van der Waals surface area contributed by atoms with Crippen molar-refractivity contribution >= 4 is 17.7 Å². The van der Waals surface area contributed by atoms with Gasteiger partial charge in [0.05, 0.1) is 5.25 Å². The molecule has 1 aromatic heterocycles. The molecule has 1 saturated carbocycles. The van der Waals surface area contributed by atoms with Gasteiger partial charge in [0.1, 0.15) is 0 Å². The van der Waals surface area contributed by atoms with Crippen molar-refractivity contribution in [1.82, 2.24) is 19.8 Å². The Hall–Kier alpha value is -2.02. The maximum Gasteiger partial charge on any atom is 0.236 e. The van der Waals surface area contributed by atoms with E-state index in [1.807, 2.05) is 43.0 Å². The summed E-state index contributed by atoms with van der Waals surface area (Å²) >= 11 is 1.38. The van der Waals surface area contributed by atoms with E-state index in [4.69, 9.17) is 5.84 Å². The molecule has 1 amide bonds. The van der Waals surface area contributed by atoms with Crippen molar-refractivity contribution in [3.05, 3.63) is 29.8 Å². The number of nitrogens with zero attached hydrogens (tertiary/aromatic N) is 4. The molecule has 0 bridgehead atoms. The first-order valence-electron chi connectivity index (χ1n) is 9.76. The molecule has 0 unspecified atom stereocenters. The highest BCUT2D eigenvalue weighted by atomic mass is 32.2. The van der Waals surface area contributed by atoms with Gasteiger partial charge in [-0.3, -0.25) is 4.79 Å². The summed E-state index contributed by atoms with van der Waals surface area (Å²) < 4.78 is 1.48. The smallest absolute Gasteiger partial charge is 0.236 e.